The quantitative estimate of drug-likeness (QED) is 0.660. The van der Waals surface area contributed by atoms with Crippen LogP contribution in [0.25, 0.3) is 6.08 Å². The molecule has 0 aromatic heterocycles. The second-order valence-corrected chi connectivity index (χ2v) is 3.41. The van der Waals surface area contributed by atoms with Crippen molar-refractivity contribution in [2.45, 2.75) is 19.6 Å². The molecule has 4 nitrogen and oxygen atoms in total. The van der Waals surface area contributed by atoms with Crippen molar-refractivity contribution in [1.29, 1.82) is 0 Å². The molecule has 0 aliphatic heterocycles. The first-order chi connectivity index (χ1) is 7.56. The van der Waals surface area contributed by atoms with Gasteiger partial charge < -0.3 is 15.3 Å². The number of hydrogen-bond donors (Lipinski definition) is 3. The lowest BCUT2D eigenvalue weighted by Crippen LogP contribution is -2.12. The highest BCUT2D eigenvalue weighted by Crippen LogP contribution is 2.21. The molecule has 1 aromatic carbocycles. The third-order valence-corrected chi connectivity index (χ3v) is 2.18. The van der Waals surface area contributed by atoms with Crippen LogP contribution >= 0.6 is 0 Å². The van der Waals surface area contributed by atoms with Gasteiger partial charge in [0.1, 0.15) is 11.9 Å². The fourth-order valence-electron chi connectivity index (χ4n) is 1.23. The molecule has 1 unspecified atom stereocenters. The summed E-state index contributed by atoms with van der Waals surface area (Å²) in [5.41, 5.74) is 0.911. The van der Waals surface area contributed by atoms with Crippen LogP contribution in [0.15, 0.2) is 24.3 Å². The van der Waals surface area contributed by atoms with E-state index >= 15 is 0 Å². The Bertz CT molecular complexity index is 407. The van der Waals surface area contributed by atoms with Gasteiger partial charge in [0.25, 0.3) is 0 Å². The maximum absolute atomic E-state index is 11.1. The molecule has 0 bridgehead atoms. The van der Waals surface area contributed by atoms with Gasteiger partial charge in [0.2, 0.25) is 0 Å². The first kappa shape index (κ1) is 12.4. The van der Waals surface area contributed by atoms with Crippen LogP contribution in [0, 0.1) is 0 Å². The predicted molar refractivity (Wildman–Crippen MR) is 59.8 cm³/mol. The Morgan fingerprint density at radius 3 is 2.75 bits per heavy atom. The third-order valence-electron chi connectivity index (χ3n) is 2.18. The molecule has 0 fully saturated rings. The van der Waals surface area contributed by atoms with Gasteiger partial charge in [-0.15, -0.1) is 0 Å². The first-order valence-corrected chi connectivity index (χ1v) is 4.88. The van der Waals surface area contributed by atoms with Crippen molar-refractivity contribution in [1.82, 2.24) is 0 Å². The molecular weight excluding hydrogens is 208 g/mol. The Morgan fingerprint density at radius 2 is 2.19 bits per heavy atom. The van der Waals surface area contributed by atoms with Gasteiger partial charge in [-0.1, -0.05) is 18.2 Å². The summed E-state index contributed by atoms with van der Waals surface area (Å²) in [7, 11) is 0. The molecule has 1 rings (SSSR count). The standard InChI is InChI=1S/C12H14O4/c1-8(14)11(15)6-5-9-3-2-4-12(16)10(9)7-13/h2-6,8,13-14,16H,7H2,1H3. The molecule has 0 saturated heterocycles. The van der Waals surface area contributed by atoms with Crippen molar-refractivity contribution in [3.8, 4) is 5.75 Å². The van der Waals surface area contributed by atoms with Gasteiger partial charge in [0.15, 0.2) is 5.78 Å². The number of rotatable bonds is 4. The summed E-state index contributed by atoms with van der Waals surface area (Å²) >= 11 is 0. The monoisotopic (exact) mass is 222 g/mol. The van der Waals surface area contributed by atoms with Crippen LogP contribution < -0.4 is 0 Å². The summed E-state index contributed by atoms with van der Waals surface area (Å²) in [6.07, 6.45) is 1.63. The van der Waals surface area contributed by atoms with Crippen molar-refractivity contribution in [2.75, 3.05) is 0 Å². The Hall–Kier alpha value is -1.65. The molecule has 0 aliphatic carbocycles. The second kappa shape index (κ2) is 5.44. The highest BCUT2D eigenvalue weighted by Gasteiger charge is 2.06. The number of aliphatic hydroxyl groups is 2. The smallest absolute Gasteiger partial charge is 0.183 e. The van der Waals surface area contributed by atoms with E-state index in [9.17, 15) is 9.90 Å². The van der Waals surface area contributed by atoms with Crippen molar-refractivity contribution in [2.24, 2.45) is 0 Å². The Kier molecular flexibility index (Phi) is 4.22. The number of carbonyl (C=O) groups is 1. The molecule has 16 heavy (non-hydrogen) atoms. The summed E-state index contributed by atoms with van der Waals surface area (Å²) in [5.74, 6) is -0.443. The summed E-state index contributed by atoms with van der Waals surface area (Å²) in [6, 6.07) is 4.73. The molecule has 3 N–H and O–H groups in total. The minimum absolute atomic E-state index is 0.0193. The number of phenols is 1. The van der Waals surface area contributed by atoms with E-state index in [0.717, 1.165) is 0 Å². The number of aliphatic hydroxyl groups excluding tert-OH is 2. The number of aromatic hydroxyl groups is 1. The Balaban J connectivity index is 2.97. The first-order valence-electron chi connectivity index (χ1n) is 4.88. The minimum atomic E-state index is -1.05. The molecule has 0 radical (unpaired) electrons. The fourth-order valence-corrected chi connectivity index (χ4v) is 1.23. The van der Waals surface area contributed by atoms with E-state index < -0.39 is 11.9 Å². The predicted octanol–water partition coefficient (Wildman–Crippen LogP) is 0.848. The van der Waals surface area contributed by atoms with E-state index in [4.69, 9.17) is 10.2 Å². The topological polar surface area (TPSA) is 77.8 Å². The molecule has 0 amide bonds. The second-order valence-electron chi connectivity index (χ2n) is 3.41. The largest absolute Gasteiger partial charge is 0.508 e. The number of ketones is 1. The molecule has 0 heterocycles. The average molecular weight is 222 g/mol. The Morgan fingerprint density at radius 1 is 1.50 bits per heavy atom. The fraction of sp³-hybridized carbons (Fsp3) is 0.250. The normalized spacial score (nSPS) is 12.9. The number of hydrogen-bond acceptors (Lipinski definition) is 4. The van der Waals surface area contributed by atoms with Crippen LogP contribution in [-0.4, -0.2) is 27.2 Å². The molecule has 4 heteroatoms. The van der Waals surface area contributed by atoms with E-state index in [1.54, 1.807) is 12.1 Å². The average Bonchev–Trinajstić information content (AvgIpc) is 2.25. The van der Waals surface area contributed by atoms with Crippen molar-refractivity contribution in [3.05, 3.63) is 35.4 Å². The van der Waals surface area contributed by atoms with Gasteiger partial charge in [-0.3, -0.25) is 4.79 Å². The van der Waals surface area contributed by atoms with Gasteiger partial charge in [0, 0.05) is 5.56 Å². The third kappa shape index (κ3) is 2.92. The van der Waals surface area contributed by atoms with E-state index in [0.29, 0.717) is 11.1 Å². The van der Waals surface area contributed by atoms with E-state index in [1.807, 2.05) is 0 Å². The van der Waals surface area contributed by atoms with Gasteiger partial charge >= 0.3 is 0 Å². The van der Waals surface area contributed by atoms with Crippen LogP contribution in [0.4, 0.5) is 0 Å². The summed E-state index contributed by atoms with van der Waals surface area (Å²) in [6.45, 7) is 1.07. The zero-order valence-corrected chi connectivity index (χ0v) is 8.92. The van der Waals surface area contributed by atoms with Crippen LogP contribution in [0.1, 0.15) is 18.1 Å². The molecule has 0 spiro atoms. The zero-order valence-electron chi connectivity index (χ0n) is 8.92. The van der Waals surface area contributed by atoms with Crippen molar-refractivity contribution < 1.29 is 20.1 Å². The van der Waals surface area contributed by atoms with Crippen LogP contribution in [0.3, 0.4) is 0 Å². The molecule has 0 saturated carbocycles. The lowest BCUT2D eigenvalue weighted by Gasteiger charge is -2.05. The van der Waals surface area contributed by atoms with Crippen LogP contribution in [0.2, 0.25) is 0 Å². The SMILES string of the molecule is CC(O)C(=O)C=Cc1cccc(O)c1CO. The van der Waals surface area contributed by atoms with Crippen LogP contribution in [-0.2, 0) is 11.4 Å². The van der Waals surface area contributed by atoms with Gasteiger partial charge in [-0.05, 0) is 24.6 Å². The number of benzene rings is 1. The lowest BCUT2D eigenvalue weighted by molar-refractivity contribution is -0.121. The van der Waals surface area contributed by atoms with E-state index in [1.165, 1.54) is 25.1 Å². The van der Waals surface area contributed by atoms with Gasteiger partial charge in [0.05, 0.1) is 6.61 Å². The van der Waals surface area contributed by atoms with Crippen LogP contribution in [0.5, 0.6) is 5.75 Å². The van der Waals surface area contributed by atoms with E-state index in [-0.39, 0.29) is 12.4 Å². The molecule has 86 valence electrons. The lowest BCUT2D eigenvalue weighted by atomic mass is 10.1. The van der Waals surface area contributed by atoms with Crippen molar-refractivity contribution >= 4 is 11.9 Å². The Labute approximate surface area is 93.5 Å². The maximum atomic E-state index is 11.1. The summed E-state index contributed by atoms with van der Waals surface area (Å²) in [5, 5.41) is 27.5. The highest BCUT2D eigenvalue weighted by atomic mass is 16.3. The molecular formula is C12H14O4. The molecule has 1 atom stereocenters. The zero-order chi connectivity index (χ0) is 12.1. The number of carbonyl (C=O) groups excluding carboxylic acids is 1. The molecule has 0 aliphatic rings. The van der Waals surface area contributed by atoms with Gasteiger partial charge in [-0.25, -0.2) is 0 Å². The summed E-state index contributed by atoms with van der Waals surface area (Å²) < 4.78 is 0. The van der Waals surface area contributed by atoms with E-state index in [2.05, 4.69) is 0 Å². The molecule has 1 aromatic rings. The highest BCUT2D eigenvalue weighted by molar-refractivity contribution is 5.96. The maximum Gasteiger partial charge on any atom is 0.183 e. The van der Waals surface area contributed by atoms with Gasteiger partial charge in [-0.2, -0.15) is 0 Å². The van der Waals surface area contributed by atoms with Crippen molar-refractivity contribution in [3.63, 3.8) is 0 Å². The minimum Gasteiger partial charge on any atom is -0.508 e. The summed E-state index contributed by atoms with van der Waals surface area (Å²) in [4.78, 5) is 11.1.